The van der Waals surface area contributed by atoms with Gasteiger partial charge in [0, 0.05) is 5.56 Å². The molecule has 0 bridgehead atoms. The molecule has 7 heteroatoms. The number of hydrogen-bond acceptors (Lipinski definition) is 4. The van der Waals surface area contributed by atoms with Gasteiger partial charge in [0.2, 0.25) is 0 Å². The standard InChI is InChI=1S/C23H18ClN3O3/c1-14-25-20-9-4-3-8-18(20)23(29)27(14)16-10-11-19(24)21(13-16)26-22(28)15-6-5-7-17(12-15)30-2/h3-13H,1-2H3,(H,26,28). The van der Waals surface area contributed by atoms with Crippen LogP contribution in [0.3, 0.4) is 0 Å². The first-order valence-electron chi connectivity index (χ1n) is 9.21. The summed E-state index contributed by atoms with van der Waals surface area (Å²) in [5.41, 5.74) is 1.82. The number of nitrogens with zero attached hydrogens (tertiary/aromatic N) is 2. The number of amides is 1. The quantitative estimate of drug-likeness (QED) is 0.524. The molecule has 3 aromatic carbocycles. The summed E-state index contributed by atoms with van der Waals surface area (Å²) >= 11 is 6.31. The summed E-state index contributed by atoms with van der Waals surface area (Å²) in [4.78, 5) is 30.3. The molecule has 0 spiro atoms. The van der Waals surface area contributed by atoms with Crippen LogP contribution in [0.1, 0.15) is 16.2 Å². The Hall–Kier alpha value is -3.64. The van der Waals surface area contributed by atoms with Crippen LogP contribution in [-0.4, -0.2) is 22.6 Å². The maximum Gasteiger partial charge on any atom is 0.265 e. The second kappa shape index (κ2) is 8.00. The summed E-state index contributed by atoms with van der Waals surface area (Å²) in [6, 6.07) is 19.0. The topological polar surface area (TPSA) is 73.2 Å². The SMILES string of the molecule is COc1cccc(C(=O)Nc2cc(-n3c(C)nc4ccccc4c3=O)ccc2Cl)c1. The zero-order valence-corrected chi connectivity index (χ0v) is 17.1. The van der Waals surface area contributed by atoms with Crippen LogP contribution in [0.25, 0.3) is 16.6 Å². The van der Waals surface area contributed by atoms with Crippen LogP contribution < -0.4 is 15.6 Å². The van der Waals surface area contributed by atoms with E-state index in [9.17, 15) is 9.59 Å². The predicted octanol–water partition coefficient (Wildman–Crippen LogP) is 4.61. The number of benzene rings is 3. The molecule has 6 nitrogen and oxygen atoms in total. The third kappa shape index (κ3) is 3.65. The van der Waals surface area contributed by atoms with E-state index in [1.807, 2.05) is 6.07 Å². The largest absolute Gasteiger partial charge is 0.497 e. The first-order chi connectivity index (χ1) is 14.5. The number of ether oxygens (including phenoxy) is 1. The van der Waals surface area contributed by atoms with Gasteiger partial charge in [0.05, 0.1) is 34.4 Å². The Kier molecular flexibility index (Phi) is 5.25. The molecule has 0 aliphatic carbocycles. The van der Waals surface area contributed by atoms with E-state index >= 15 is 0 Å². The lowest BCUT2D eigenvalue weighted by Gasteiger charge is -2.14. The number of aryl methyl sites for hydroxylation is 1. The van der Waals surface area contributed by atoms with Gasteiger partial charge in [0.25, 0.3) is 11.5 Å². The highest BCUT2D eigenvalue weighted by Gasteiger charge is 2.14. The molecule has 1 aromatic heterocycles. The Morgan fingerprint density at radius 3 is 2.67 bits per heavy atom. The second-order valence-electron chi connectivity index (χ2n) is 6.67. The number of rotatable bonds is 4. The van der Waals surface area contributed by atoms with Gasteiger partial charge in [-0.25, -0.2) is 4.98 Å². The highest BCUT2D eigenvalue weighted by Crippen LogP contribution is 2.26. The average molecular weight is 420 g/mol. The molecule has 0 radical (unpaired) electrons. The molecule has 4 aromatic rings. The number of para-hydroxylation sites is 1. The number of anilines is 1. The van der Waals surface area contributed by atoms with Crippen molar-refractivity contribution in [2.75, 3.05) is 12.4 Å². The van der Waals surface area contributed by atoms with Crippen molar-refractivity contribution >= 4 is 34.1 Å². The van der Waals surface area contributed by atoms with Crippen LogP contribution in [-0.2, 0) is 0 Å². The van der Waals surface area contributed by atoms with E-state index in [-0.39, 0.29) is 11.5 Å². The molecular formula is C23H18ClN3O3. The molecule has 4 rings (SSSR count). The fourth-order valence-electron chi connectivity index (χ4n) is 3.25. The summed E-state index contributed by atoms with van der Waals surface area (Å²) in [5.74, 6) is 0.770. The van der Waals surface area contributed by atoms with Crippen LogP contribution in [0.5, 0.6) is 5.75 Å². The summed E-state index contributed by atoms with van der Waals surface area (Å²) in [6.45, 7) is 1.76. The number of carbonyl (C=O) groups excluding carboxylic acids is 1. The predicted molar refractivity (Wildman–Crippen MR) is 118 cm³/mol. The molecule has 0 saturated heterocycles. The maximum atomic E-state index is 13.0. The zero-order valence-electron chi connectivity index (χ0n) is 16.3. The summed E-state index contributed by atoms with van der Waals surface area (Å²) in [5, 5.41) is 3.67. The van der Waals surface area contributed by atoms with E-state index in [0.717, 1.165) is 0 Å². The van der Waals surface area contributed by atoms with Crippen molar-refractivity contribution in [3.8, 4) is 11.4 Å². The summed E-state index contributed by atoms with van der Waals surface area (Å²) in [6.07, 6.45) is 0. The van der Waals surface area contributed by atoms with E-state index in [0.29, 0.717) is 44.4 Å². The molecule has 0 aliphatic rings. The van der Waals surface area contributed by atoms with Crippen molar-refractivity contribution in [3.05, 3.63) is 93.5 Å². The highest BCUT2D eigenvalue weighted by atomic mass is 35.5. The number of fused-ring (bicyclic) bond motifs is 1. The van der Waals surface area contributed by atoms with Gasteiger partial charge in [-0.15, -0.1) is 0 Å². The van der Waals surface area contributed by atoms with Crippen LogP contribution in [0, 0.1) is 6.92 Å². The van der Waals surface area contributed by atoms with Crippen LogP contribution in [0.4, 0.5) is 5.69 Å². The van der Waals surface area contributed by atoms with Crippen molar-refractivity contribution in [3.63, 3.8) is 0 Å². The Morgan fingerprint density at radius 1 is 1.07 bits per heavy atom. The molecular weight excluding hydrogens is 402 g/mol. The fourth-order valence-corrected chi connectivity index (χ4v) is 3.42. The monoisotopic (exact) mass is 419 g/mol. The van der Waals surface area contributed by atoms with E-state index in [1.54, 1.807) is 67.6 Å². The highest BCUT2D eigenvalue weighted by molar-refractivity contribution is 6.34. The normalized spacial score (nSPS) is 10.8. The van der Waals surface area contributed by atoms with Gasteiger partial charge in [-0.2, -0.15) is 0 Å². The molecule has 1 amide bonds. The molecule has 1 N–H and O–H groups in total. The zero-order chi connectivity index (χ0) is 21.3. The number of carbonyl (C=O) groups is 1. The van der Waals surface area contributed by atoms with Crippen LogP contribution >= 0.6 is 11.6 Å². The molecule has 0 aliphatic heterocycles. The van der Waals surface area contributed by atoms with Crippen molar-refractivity contribution in [2.45, 2.75) is 6.92 Å². The number of aromatic nitrogens is 2. The first-order valence-corrected chi connectivity index (χ1v) is 9.59. The molecule has 150 valence electrons. The van der Waals surface area contributed by atoms with Gasteiger partial charge in [-0.1, -0.05) is 29.8 Å². The summed E-state index contributed by atoms with van der Waals surface area (Å²) in [7, 11) is 1.54. The molecule has 0 fully saturated rings. The Labute approximate surface area is 177 Å². The Balaban J connectivity index is 1.75. The van der Waals surface area contributed by atoms with Crippen LogP contribution in [0.2, 0.25) is 5.02 Å². The van der Waals surface area contributed by atoms with E-state index < -0.39 is 0 Å². The van der Waals surface area contributed by atoms with Crippen LogP contribution in [0.15, 0.2) is 71.5 Å². The van der Waals surface area contributed by atoms with Gasteiger partial charge in [0.15, 0.2) is 0 Å². The third-order valence-corrected chi connectivity index (χ3v) is 5.06. The number of halogens is 1. The van der Waals surface area contributed by atoms with Crippen molar-refractivity contribution in [1.82, 2.24) is 9.55 Å². The van der Waals surface area contributed by atoms with Gasteiger partial charge in [0.1, 0.15) is 11.6 Å². The Bertz CT molecular complexity index is 1330. The van der Waals surface area contributed by atoms with Gasteiger partial charge >= 0.3 is 0 Å². The summed E-state index contributed by atoms with van der Waals surface area (Å²) < 4.78 is 6.67. The Morgan fingerprint density at radius 2 is 1.87 bits per heavy atom. The second-order valence-corrected chi connectivity index (χ2v) is 7.07. The minimum atomic E-state index is -0.339. The molecule has 0 atom stereocenters. The maximum absolute atomic E-state index is 13.0. The first kappa shape index (κ1) is 19.7. The molecule has 0 unspecified atom stereocenters. The molecule has 30 heavy (non-hydrogen) atoms. The van der Waals surface area contributed by atoms with Gasteiger partial charge < -0.3 is 10.1 Å². The minimum absolute atomic E-state index is 0.189. The smallest absolute Gasteiger partial charge is 0.265 e. The minimum Gasteiger partial charge on any atom is -0.497 e. The lowest BCUT2D eigenvalue weighted by Crippen LogP contribution is -2.22. The number of methoxy groups -OCH3 is 1. The lowest BCUT2D eigenvalue weighted by molar-refractivity contribution is 0.102. The average Bonchev–Trinajstić information content (AvgIpc) is 2.76. The third-order valence-electron chi connectivity index (χ3n) is 4.73. The van der Waals surface area contributed by atoms with Gasteiger partial charge in [-0.05, 0) is 55.5 Å². The van der Waals surface area contributed by atoms with Gasteiger partial charge in [-0.3, -0.25) is 14.2 Å². The van der Waals surface area contributed by atoms with Crippen molar-refractivity contribution < 1.29 is 9.53 Å². The van der Waals surface area contributed by atoms with Crippen molar-refractivity contribution in [2.24, 2.45) is 0 Å². The van der Waals surface area contributed by atoms with E-state index in [2.05, 4.69) is 10.3 Å². The van der Waals surface area contributed by atoms with Crippen molar-refractivity contribution in [1.29, 1.82) is 0 Å². The molecule has 1 heterocycles. The van der Waals surface area contributed by atoms with E-state index in [1.165, 1.54) is 11.7 Å². The lowest BCUT2D eigenvalue weighted by atomic mass is 10.2. The number of nitrogens with one attached hydrogen (secondary N) is 1. The molecule has 0 saturated carbocycles. The van der Waals surface area contributed by atoms with E-state index in [4.69, 9.17) is 16.3 Å². The fraction of sp³-hybridized carbons (Fsp3) is 0.0870. The number of hydrogen-bond donors (Lipinski definition) is 1.